The Morgan fingerprint density at radius 3 is 2.38 bits per heavy atom. The van der Waals surface area contributed by atoms with Crippen LogP contribution in [0.5, 0.6) is 11.5 Å². The molecule has 1 aliphatic carbocycles. The molecule has 40 heavy (non-hydrogen) atoms. The molecule has 5 rings (SSSR count). The van der Waals surface area contributed by atoms with Gasteiger partial charge in [-0.15, -0.1) is 0 Å². The van der Waals surface area contributed by atoms with Crippen molar-refractivity contribution in [2.75, 3.05) is 43.4 Å². The van der Waals surface area contributed by atoms with Crippen LogP contribution in [0.15, 0.2) is 66.2 Å². The Balaban J connectivity index is 1.30. The van der Waals surface area contributed by atoms with Crippen molar-refractivity contribution < 1.29 is 14.6 Å². The SMILES string of the molecule is CC1(C)CCC(CN2CCN(c3ccc(C(=O)O)c(Oc4cc(N)cc(Cl)c4)c3)CC2)=C(c2ccc(Cl)cc2)C1. The van der Waals surface area contributed by atoms with Crippen molar-refractivity contribution >= 4 is 46.1 Å². The van der Waals surface area contributed by atoms with Gasteiger partial charge in [0, 0.05) is 66.3 Å². The van der Waals surface area contributed by atoms with Gasteiger partial charge < -0.3 is 20.5 Å². The lowest BCUT2D eigenvalue weighted by Crippen LogP contribution is -2.47. The average molecular weight is 581 g/mol. The largest absolute Gasteiger partial charge is 0.478 e. The summed E-state index contributed by atoms with van der Waals surface area (Å²) < 4.78 is 5.97. The number of aromatic carboxylic acids is 1. The number of nitrogens with two attached hydrogens (primary N) is 1. The Morgan fingerprint density at radius 2 is 1.70 bits per heavy atom. The standard InChI is InChI=1S/C32H35Cl2N3O3/c1-32(2)10-9-22(29(19-32)21-3-5-23(33)6-4-21)20-36-11-13-37(14-12-36)26-7-8-28(31(38)39)30(18-26)40-27-16-24(34)15-25(35)17-27/h3-8,15-18H,9-14,19-20,35H2,1-2H3,(H,38,39). The Hall–Kier alpha value is -3.19. The van der Waals surface area contributed by atoms with Crippen LogP contribution in [0, 0.1) is 5.41 Å². The van der Waals surface area contributed by atoms with Crippen LogP contribution in [0.25, 0.3) is 5.57 Å². The minimum Gasteiger partial charge on any atom is -0.478 e. The zero-order chi connectivity index (χ0) is 28.4. The third-order valence-corrected chi connectivity index (χ3v) is 8.32. The van der Waals surface area contributed by atoms with E-state index in [-0.39, 0.29) is 16.7 Å². The number of carboxylic acids is 1. The molecule has 0 spiro atoms. The smallest absolute Gasteiger partial charge is 0.339 e. The number of nitrogens with zero attached hydrogens (tertiary/aromatic N) is 2. The first kappa shape index (κ1) is 28.3. The molecule has 0 bridgehead atoms. The number of carbonyl (C=O) groups is 1. The lowest BCUT2D eigenvalue weighted by molar-refractivity contribution is 0.0694. The predicted molar refractivity (Wildman–Crippen MR) is 164 cm³/mol. The molecule has 2 aliphatic rings. The fraction of sp³-hybridized carbons (Fsp3) is 0.344. The lowest BCUT2D eigenvalue weighted by atomic mass is 9.72. The van der Waals surface area contributed by atoms with Gasteiger partial charge in [0.05, 0.1) is 0 Å². The van der Waals surface area contributed by atoms with E-state index >= 15 is 0 Å². The number of rotatable bonds is 7. The van der Waals surface area contributed by atoms with Gasteiger partial charge in [-0.3, -0.25) is 4.90 Å². The minimum atomic E-state index is -1.05. The molecule has 3 N–H and O–H groups in total. The molecule has 6 nitrogen and oxygen atoms in total. The fourth-order valence-corrected chi connectivity index (χ4v) is 6.00. The van der Waals surface area contributed by atoms with Crippen LogP contribution in [0.2, 0.25) is 10.0 Å². The van der Waals surface area contributed by atoms with Crippen LogP contribution in [-0.2, 0) is 0 Å². The second kappa shape index (κ2) is 11.7. The van der Waals surface area contributed by atoms with Crippen molar-refractivity contribution in [3.63, 3.8) is 0 Å². The van der Waals surface area contributed by atoms with E-state index in [0.717, 1.165) is 56.3 Å². The lowest BCUT2D eigenvalue weighted by Gasteiger charge is -2.39. The molecule has 0 unspecified atom stereocenters. The van der Waals surface area contributed by atoms with Gasteiger partial charge in [-0.2, -0.15) is 0 Å². The number of halogens is 2. The first-order valence-corrected chi connectivity index (χ1v) is 14.4. The number of nitrogen functional groups attached to an aromatic ring is 1. The molecule has 210 valence electrons. The summed E-state index contributed by atoms with van der Waals surface area (Å²) >= 11 is 12.3. The normalized spacial score (nSPS) is 17.6. The summed E-state index contributed by atoms with van der Waals surface area (Å²) in [6, 6.07) is 18.4. The predicted octanol–water partition coefficient (Wildman–Crippen LogP) is 7.85. The topological polar surface area (TPSA) is 79.0 Å². The Labute approximate surface area is 245 Å². The van der Waals surface area contributed by atoms with Crippen molar-refractivity contribution in [1.82, 2.24) is 4.90 Å². The quantitative estimate of drug-likeness (QED) is 0.277. The highest BCUT2D eigenvalue weighted by atomic mass is 35.5. The minimum absolute atomic E-state index is 0.0859. The van der Waals surface area contributed by atoms with E-state index in [1.807, 2.05) is 18.2 Å². The van der Waals surface area contributed by atoms with E-state index in [9.17, 15) is 9.90 Å². The first-order chi connectivity index (χ1) is 19.1. The molecular formula is C32H35Cl2N3O3. The third-order valence-electron chi connectivity index (χ3n) is 7.85. The highest BCUT2D eigenvalue weighted by Gasteiger charge is 2.29. The van der Waals surface area contributed by atoms with E-state index in [2.05, 4.69) is 35.8 Å². The van der Waals surface area contributed by atoms with Crippen LogP contribution in [0.1, 0.15) is 49.0 Å². The van der Waals surface area contributed by atoms with Gasteiger partial charge in [-0.25, -0.2) is 4.79 Å². The molecule has 0 radical (unpaired) electrons. The molecule has 1 fully saturated rings. The molecule has 0 atom stereocenters. The summed E-state index contributed by atoms with van der Waals surface area (Å²) in [5.74, 6) is -0.395. The second-order valence-corrected chi connectivity index (χ2v) is 12.4. The van der Waals surface area contributed by atoms with Crippen LogP contribution in [-0.4, -0.2) is 48.7 Å². The summed E-state index contributed by atoms with van der Waals surface area (Å²) in [7, 11) is 0. The van der Waals surface area contributed by atoms with E-state index in [1.54, 1.807) is 30.3 Å². The van der Waals surface area contributed by atoms with Crippen LogP contribution in [0.4, 0.5) is 11.4 Å². The molecule has 0 saturated carbocycles. The molecule has 1 aliphatic heterocycles. The number of carboxylic acid groups (broad SMARTS) is 1. The van der Waals surface area contributed by atoms with E-state index in [0.29, 0.717) is 16.5 Å². The van der Waals surface area contributed by atoms with Crippen LogP contribution >= 0.6 is 23.2 Å². The summed E-state index contributed by atoms with van der Waals surface area (Å²) in [4.78, 5) is 16.7. The van der Waals surface area contributed by atoms with Crippen molar-refractivity contribution in [3.8, 4) is 11.5 Å². The van der Waals surface area contributed by atoms with E-state index < -0.39 is 5.97 Å². The molecule has 0 amide bonds. The fourth-order valence-electron chi connectivity index (χ4n) is 5.64. The Kier molecular flexibility index (Phi) is 8.31. The molecule has 3 aromatic carbocycles. The number of piperazine rings is 1. The molecule has 1 saturated heterocycles. The Morgan fingerprint density at radius 1 is 0.975 bits per heavy atom. The maximum atomic E-state index is 11.9. The van der Waals surface area contributed by atoms with Gasteiger partial charge in [0.15, 0.2) is 0 Å². The maximum Gasteiger partial charge on any atom is 0.339 e. The molecule has 8 heteroatoms. The van der Waals surface area contributed by atoms with Gasteiger partial charge in [0.2, 0.25) is 0 Å². The molecular weight excluding hydrogens is 545 g/mol. The van der Waals surface area contributed by atoms with Gasteiger partial charge in [-0.05, 0) is 72.2 Å². The van der Waals surface area contributed by atoms with Gasteiger partial charge >= 0.3 is 5.97 Å². The number of hydrogen-bond donors (Lipinski definition) is 2. The average Bonchev–Trinajstić information content (AvgIpc) is 2.90. The third kappa shape index (κ3) is 6.74. The Bertz CT molecular complexity index is 1410. The van der Waals surface area contributed by atoms with Crippen molar-refractivity contribution in [2.24, 2.45) is 5.41 Å². The maximum absolute atomic E-state index is 11.9. The van der Waals surface area contributed by atoms with Gasteiger partial charge in [-0.1, -0.05) is 54.8 Å². The second-order valence-electron chi connectivity index (χ2n) is 11.5. The summed E-state index contributed by atoms with van der Waals surface area (Å²) in [6.07, 6.45) is 3.37. The molecule has 1 heterocycles. The zero-order valence-electron chi connectivity index (χ0n) is 22.9. The van der Waals surface area contributed by atoms with E-state index in [4.69, 9.17) is 33.7 Å². The van der Waals surface area contributed by atoms with Crippen LogP contribution in [0.3, 0.4) is 0 Å². The van der Waals surface area contributed by atoms with Crippen molar-refractivity contribution in [3.05, 3.63) is 87.4 Å². The summed E-state index contributed by atoms with van der Waals surface area (Å²) in [5, 5.41) is 10.9. The van der Waals surface area contributed by atoms with Crippen molar-refractivity contribution in [1.29, 1.82) is 0 Å². The number of allylic oxidation sites excluding steroid dienone is 1. The van der Waals surface area contributed by atoms with Crippen molar-refractivity contribution in [2.45, 2.75) is 33.1 Å². The number of anilines is 2. The van der Waals surface area contributed by atoms with Gasteiger partial charge in [0.1, 0.15) is 17.1 Å². The first-order valence-electron chi connectivity index (χ1n) is 13.6. The van der Waals surface area contributed by atoms with Crippen LogP contribution < -0.4 is 15.4 Å². The number of benzene rings is 3. The molecule has 0 aromatic heterocycles. The summed E-state index contributed by atoms with van der Waals surface area (Å²) in [5.41, 5.74) is 11.9. The molecule has 3 aromatic rings. The zero-order valence-corrected chi connectivity index (χ0v) is 24.4. The number of ether oxygens (including phenoxy) is 1. The highest BCUT2D eigenvalue weighted by Crippen LogP contribution is 2.43. The van der Waals surface area contributed by atoms with E-state index in [1.165, 1.54) is 23.1 Å². The monoisotopic (exact) mass is 579 g/mol. The highest BCUT2D eigenvalue weighted by molar-refractivity contribution is 6.31. The number of hydrogen-bond acceptors (Lipinski definition) is 5. The summed E-state index contributed by atoms with van der Waals surface area (Å²) in [6.45, 7) is 9.19. The van der Waals surface area contributed by atoms with Gasteiger partial charge in [0.25, 0.3) is 0 Å².